The SMILES string of the molecule is CC1(C)CCCC2=CC(=O)CCC21.CC1(C)CCC[C@]2(C#N)CC(=O)CC[C@@H]12.C[Si](C)(C)C#N. The van der Waals surface area contributed by atoms with E-state index in [4.69, 9.17) is 5.26 Å². The number of fused-ring (bicyclic) bond motifs is 2. The summed E-state index contributed by atoms with van der Waals surface area (Å²) in [6, 6.07) is 2.48. The molecule has 0 radical (unpaired) electrons. The van der Waals surface area contributed by atoms with Crippen LogP contribution in [0.2, 0.25) is 19.6 Å². The van der Waals surface area contributed by atoms with Gasteiger partial charge in [-0.2, -0.15) is 5.26 Å². The Morgan fingerprint density at radius 1 is 0.882 bits per heavy atom. The van der Waals surface area contributed by atoms with Crippen LogP contribution in [0.25, 0.3) is 0 Å². The van der Waals surface area contributed by atoms with Gasteiger partial charge < -0.3 is 0 Å². The minimum atomic E-state index is -1.33. The summed E-state index contributed by atoms with van der Waals surface area (Å²) in [5.41, 5.74) is 4.04. The summed E-state index contributed by atoms with van der Waals surface area (Å²) in [6.07, 6.45) is 12.9. The van der Waals surface area contributed by atoms with Gasteiger partial charge in [0.2, 0.25) is 0 Å². The third-order valence-electron chi connectivity index (χ3n) is 8.54. The van der Waals surface area contributed by atoms with E-state index in [1.54, 1.807) is 0 Å². The molecule has 1 unspecified atom stereocenters. The molecule has 0 amide bonds. The van der Waals surface area contributed by atoms with Crippen LogP contribution < -0.4 is 0 Å². The van der Waals surface area contributed by atoms with E-state index >= 15 is 0 Å². The van der Waals surface area contributed by atoms with E-state index in [9.17, 15) is 14.9 Å². The van der Waals surface area contributed by atoms with Gasteiger partial charge in [-0.05, 0) is 73.7 Å². The van der Waals surface area contributed by atoms with Crippen LogP contribution >= 0.6 is 0 Å². The Morgan fingerprint density at radius 2 is 1.50 bits per heavy atom. The molecule has 0 aromatic heterocycles. The highest BCUT2D eigenvalue weighted by atomic mass is 28.3. The van der Waals surface area contributed by atoms with E-state index in [0.29, 0.717) is 41.7 Å². The number of allylic oxidation sites excluding steroid dienone is 2. The van der Waals surface area contributed by atoms with Gasteiger partial charge in [0.25, 0.3) is 0 Å². The molecule has 3 atom stereocenters. The molecule has 4 aliphatic carbocycles. The van der Waals surface area contributed by atoms with E-state index in [0.717, 1.165) is 32.1 Å². The Hall–Kier alpha value is -1.72. The normalized spacial score (nSPS) is 31.5. The molecule has 4 rings (SSSR count). The first-order valence-corrected chi connectivity index (χ1v) is 16.7. The molecule has 0 saturated heterocycles. The van der Waals surface area contributed by atoms with Gasteiger partial charge in [0.15, 0.2) is 13.9 Å². The minimum absolute atomic E-state index is 0.245. The van der Waals surface area contributed by atoms with Crippen LogP contribution in [0, 0.1) is 50.4 Å². The zero-order valence-electron chi connectivity index (χ0n) is 22.7. The topological polar surface area (TPSA) is 81.7 Å². The van der Waals surface area contributed by atoms with Gasteiger partial charge in [0.1, 0.15) is 5.78 Å². The largest absolute Gasteiger partial charge is 0.300 e. The summed E-state index contributed by atoms with van der Waals surface area (Å²) in [4.78, 5) is 22.8. The monoisotopic (exact) mass is 482 g/mol. The van der Waals surface area contributed by atoms with Gasteiger partial charge in [-0.1, -0.05) is 59.3 Å². The van der Waals surface area contributed by atoms with Crippen molar-refractivity contribution < 1.29 is 9.59 Å². The van der Waals surface area contributed by atoms with Crippen LogP contribution in [-0.4, -0.2) is 19.6 Å². The molecular formula is C29H46N2O2Si. The summed E-state index contributed by atoms with van der Waals surface area (Å²) < 4.78 is 0. The molecule has 3 saturated carbocycles. The number of Topliss-reactive ketones (excluding diaryl/α,β-unsaturated/α-hetero) is 1. The minimum Gasteiger partial charge on any atom is -0.300 e. The molecule has 4 nitrogen and oxygen atoms in total. The fourth-order valence-corrected chi connectivity index (χ4v) is 6.67. The highest BCUT2D eigenvalue weighted by Gasteiger charge is 2.52. The number of carbonyl (C=O) groups excluding carboxylic acids is 2. The quantitative estimate of drug-likeness (QED) is 0.333. The number of hydrogen-bond donors (Lipinski definition) is 0. The fourth-order valence-electron chi connectivity index (χ4n) is 6.67. The predicted octanol–water partition coefficient (Wildman–Crippen LogP) is 7.57. The molecule has 0 aromatic carbocycles. The lowest BCUT2D eigenvalue weighted by atomic mass is 9.51. The average Bonchev–Trinajstić information content (AvgIpc) is 2.73. The summed E-state index contributed by atoms with van der Waals surface area (Å²) >= 11 is 0. The second-order valence-electron chi connectivity index (χ2n) is 13.4. The Bertz CT molecular complexity index is 881. The maximum atomic E-state index is 11.5. The lowest BCUT2D eigenvalue weighted by Crippen LogP contribution is -2.47. The molecular weight excluding hydrogens is 436 g/mol. The van der Waals surface area contributed by atoms with Crippen molar-refractivity contribution >= 4 is 19.6 Å². The fraction of sp³-hybridized carbons (Fsp3) is 0.793. The summed E-state index contributed by atoms with van der Waals surface area (Å²) in [6.45, 7) is 15.3. The van der Waals surface area contributed by atoms with Gasteiger partial charge >= 0.3 is 0 Å². The molecule has 5 heteroatoms. The molecule has 0 spiro atoms. The first-order chi connectivity index (χ1) is 15.7. The van der Waals surface area contributed by atoms with Gasteiger partial charge in [-0.15, -0.1) is 0 Å². The van der Waals surface area contributed by atoms with Crippen molar-refractivity contribution in [2.45, 2.75) is 118 Å². The van der Waals surface area contributed by atoms with E-state index in [-0.39, 0.29) is 10.8 Å². The van der Waals surface area contributed by atoms with Crippen LogP contribution in [0.5, 0.6) is 0 Å². The second-order valence-corrected chi connectivity index (χ2v) is 18.1. The third kappa shape index (κ3) is 7.14. The molecule has 3 fully saturated rings. The number of rotatable bonds is 0. The summed E-state index contributed by atoms with van der Waals surface area (Å²) in [5.74, 6) is 1.77. The maximum Gasteiger partial charge on any atom is 0.164 e. The van der Waals surface area contributed by atoms with E-state index in [1.165, 1.54) is 31.3 Å². The van der Waals surface area contributed by atoms with Crippen molar-refractivity contribution in [2.24, 2.45) is 28.1 Å². The Labute approximate surface area is 209 Å². The molecule has 0 bridgehead atoms. The number of nitrogens with zero attached hydrogens (tertiary/aromatic N) is 2. The van der Waals surface area contributed by atoms with Crippen LogP contribution in [0.3, 0.4) is 0 Å². The number of carbonyl (C=O) groups is 2. The van der Waals surface area contributed by atoms with Gasteiger partial charge in [0, 0.05) is 25.0 Å². The molecule has 188 valence electrons. The van der Waals surface area contributed by atoms with Crippen LogP contribution in [-0.2, 0) is 9.59 Å². The molecule has 34 heavy (non-hydrogen) atoms. The van der Waals surface area contributed by atoms with Crippen molar-refractivity contribution in [3.8, 4) is 11.8 Å². The second kappa shape index (κ2) is 10.9. The lowest BCUT2D eigenvalue weighted by Gasteiger charge is -2.51. The standard InChI is InChI=1S/C13H19NO.C12H18O.C4H9NSi/c1-12(2)6-3-7-13(9-14)8-10(15)4-5-11(12)13;1-12(2)7-3-4-9-8-10(13)5-6-11(9)12;1-6(2,3)4-5/h11H,3-8H2,1-2H3;8,11H,3-7H2,1-2H3;1-3H3/t11-,13+;;/m0../s1. The van der Waals surface area contributed by atoms with Gasteiger partial charge in [-0.25, -0.2) is 5.26 Å². The van der Waals surface area contributed by atoms with Crippen molar-refractivity contribution in [1.29, 1.82) is 10.5 Å². The maximum absolute atomic E-state index is 11.5. The zero-order chi connectivity index (χ0) is 25.8. The Kier molecular flexibility index (Phi) is 9.14. The van der Waals surface area contributed by atoms with Crippen molar-refractivity contribution in [1.82, 2.24) is 0 Å². The number of ketones is 2. The van der Waals surface area contributed by atoms with Crippen molar-refractivity contribution in [2.75, 3.05) is 0 Å². The highest BCUT2D eigenvalue weighted by molar-refractivity contribution is 6.83. The smallest absolute Gasteiger partial charge is 0.164 e. The van der Waals surface area contributed by atoms with Crippen LogP contribution in [0.4, 0.5) is 0 Å². The first kappa shape index (κ1) is 28.5. The molecule has 0 aliphatic heterocycles. The third-order valence-corrected chi connectivity index (χ3v) is 9.21. The van der Waals surface area contributed by atoms with E-state index < -0.39 is 8.07 Å². The Morgan fingerprint density at radius 3 is 2.09 bits per heavy atom. The van der Waals surface area contributed by atoms with Crippen molar-refractivity contribution in [3.05, 3.63) is 11.6 Å². The zero-order valence-corrected chi connectivity index (χ0v) is 23.7. The molecule has 0 N–H and O–H groups in total. The number of hydrogen-bond acceptors (Lipinski definition) is 4. The van der Waals surface area contributed by atoms with E-state index in [2.05, 4.69) is 39.5 Å². The molecule has 0 aromatic rings. The lowest BCUT2D eigenvalue weighted by molar-refractivity contribution is -0.128. The summed E-state index contributed by atoms with van der Waals surface area (Å²) in [5, 5.41) is 17.6. The predicted molar refractivity (Wildman–Crippen MR) is 140 cm³/mol. The first-order valence-electron chi connectivity index (χ1n) is 13.2. The molecule has 0 heterocycles. The number of nitriles is 2. The van der Waals surface area contributed by atoms with Crippen molar-refractivity contribution in [3.63, 3.8) is 0 Å². The van der Waals surface area contributed by atoms with Crippen LogP contribution in [0.15, 0.2) is 11.6 Å². The van der Waals surface area contributed by atoms with Gasteiger partial charge in [0.05, 0.1) is 11.5 Å². The Balaban J connectivity index is 0.000000197. The van der Waals surface area contributed by atoms with Crippen LogP contribution in [0.1, 0.15) is 98.3 Å². The molecule has 4 aliphatic rings. The van der Waals surface area contributed by atoms with Gasteiger partial charge in [-0.3, -0.25) is 9.59 Å². The summed E-state index contributed by atoms with van der Waals surface area (Å²) in [7, 11) is -1.33. The average molecular weight is 483 g/mol. The highest BCUT2D eigenvalue weighted by Crippen LogP contribution is 2.56. The van der Waals surface area contributed by atoms with E-state index in [1.807, 2.05) is 25.7 Å².